The third-order valence-electron chi connectivity index (χ3n) is 4.48. The molecule has 1 aromatic carbocycles. The molecule has 0 aromatic heterocycles. The lowest BCUT2D eigenvalue weighted by atomic mass is 9.82. The average Bonchev–Trinajstić information content (AvgIpc) is 2.54. The minimum Gasteiger partial charge on any atom is -0.396 e. The van der Waals surface area contributed by atoms with E-state index < -0.39 is 11.0 Å². The van der Waals surface area contributed by atoms with Crippen LogP contribution in [0.5, 0.6) is 0 Å². The van der Waals surface area contributed by atoms with Gasteiger partial charge in [0.2, 0.25) is 5.91 Å². The zero-order chi connectivity index (χ0) is 17.0. The molecule has 7 heteroatoms. The van der Waals surface area contributed by atoms with Crippen LogP contribution in [0.4, 0.5) is 11.4 Å². The summed E-state index contributed by atoms with van der Waals surface area (Å²) < 4.78 is 0. The fourth-order valence-corrected chi connectivity index (χ4v) is 2.96. The monoisotopic (exact) mass is 321 g/mol. The highest BCUT2D eigenvalue weighted by atomic mass is 16.6. The molecular formula is C16H23N3O4. The molecule has 1 saturated heterocycles. The Hall–Kier alpha value is -1.99. The number of nitro benzene ring substituents is 1. The molecule has 0 aliphatic carbocycles. The molecule has 1 aliphatic heterocycles. The van der Waals surface area contributed by atoms with Crippen molar-refractivity contribution < 1.29 is 14.8 Å². The zero-order valence-corrected chi connectivity index (χ0v) is 13.5. The van der Waals surface area contributed by atoms with Gasteiger partial charge < -0.3 is 10.4 Å². The Labute approximate surface area is 135 Å². The first-order chi connectivity index (χ1) is 10.9. The Morgan fingerprint density at radius 3 is 2.87 bits per heavy atom. The quantitative estimate of drug-likeness (QED) is 0.639. The number of para-hydroxylation sites is 2. The van der Waals surface area contributed by atoms with Crippen LogP contribution in [-0.4, -0.2) is 46.6 Å². The Morgan fingerprint density at radius 2 is 2.22 bits per heavy atom. The summed E-state index contributed by atoms with van der Waals surface area (Å²) in [5.74, 6) is -0.276. The third kappa shape index (κ3) is 4.05. The van der Waals surface area contributed by atoms with E-state index in [0.717, 1.165) is 19.4 Å². The fourth-order valence-electron chi connectivity index (χ4n) is 2.96. The molecule has 1 aliphatic rings. The van der Waals surface area contributed by atoms with Crippen molar-refractivity contribution >= 4 is 17.3 Å². The summed E-state index contributed by atoms with van der Waals surface area (Å²) in [5.41, 5.74) is -0.117. The minimum absolute atomic E-state index is 0.0853. The lowest BCUT2D eigenvalue weighted by Crippen LogP contribution is -2.51. The number of hydrogen-bond donors (Lipinski definition) is 2. The molecule has 23 heavy (non-hydrogen) atoms. The maximum atomic E-state index is 12.4. The average molecular weight is 321 g/mol. The van der Waals surface area contributed by atoms with Gasteiger partial charge in [-0.05, 0) is 32.4 Å². The molecule has 2 atom stereocenters. The first-order valence-electron chi connectivity index (χ1n) is 7.75. The summed E-state index contributed by atoms with van der Waals surface area (Å²) in [6.45, 7) is 5.29. The SMILES string of the molecule is CC(C(=O)Nc1ccccc1[N+](=O)[O-])N1CCCC(C)(CO)C1. The first-order valence-corrected chi connectivity index (χ1v) is 7.75. The van der Waals surface area contributed by atoms with Gasteiger partial charge in [-0.25, -0.2) is 0 Å². The number of nitrogens with zero attached hydrogens (tertiary/aromatic N) is 2. The summed E-state index contributed by atoms with van der Waals surface area (Å²) in [6, 6.07) is 5.69. The van der Waals surface area contributed by atoms with E-state index in [-0.39, 0.29) is 29.3 Å². The maximum absolute atomic E-state index is 12.4. The van der Waals surface area contributed by atoms with Gasteiger partial charge >= 0.3 is 0 Å². The van der Waals surface area contributed by atoms with E-state index >= 15 is 0 Å². The van der Waals surface area contributed by atoms with Gasteiger partial charge in [0.15, 0.2) is 0 Å². The Morgan fingerprint density at radius 1 is 1.52 bits per heavy atom. The van der Waals surface area contributed by atoms with Crippen LogP contribution in [0, 0.1) is 15.5 Å². The maximum Gasteiger partial charge on any atom is 0.292 e. The Bertz CT molecular complexity index is 592. The number of aliphatic hydroxyl groups excluding tert-OH is 1. The highest BCUT2D eigenvalue weighted by Crippen LogP contribution is 2.30. The Kier molecular flexibility index (Phi) is 5.33. The largest absolute Gasteiger partial charge is 0.396 e. The highest BCUT2D eigenvalue weighted by Gasteiger charge is 2.34. The molecule has 1 aromatic rings. The molecule has 2 unspecified atom stereocenters. The molecule has 0 saturated carbocycles. The first kappa shape index (κ1) is 17.4. The van der Waals surface area contributed by atoms with Crippen LogP contribution in [0.25, 0.3) is 0 Å². The van der Waals surface area contributed by atoms with Crippen molar-refractivity contribution in [1.82, 2.24) is 4.90 Å². The van der Waals surface area contributed by atoms with Crippen molar-refractivity contribution in [1.29, 1.82) is 0 Å². The van der Waals surface area contributed by atoms with Crippen LogP contribution < -0.4 is 5.32 Å². The van der Waals surface area contributed by atoms with Gasteiger partial charge in [-0.3, -0.25) is 19.8 Å². The normalized spacial score (nSPS) is 23.3. The van der Waals surface area contributed by atoms with Crippen LogP contribution >= 0.6 is 0 Å². The van der Waals surface area contributed by atoms with Crippen molar-refractivity contribution in [3.8, 4) is 0 Å². The Balaban J connectivity index is 2.07. The van der Waals surface area contributed by atoms with E-state index in [1.54, 1.807) is 19.1 Å². The molecule has 1 heterocycles. The summed E-state index contributed by atoms with van der Waals surface area (Å²) in [6.07, 6.45) is 1.85. The second-order valence-corrected chi connectivity index (χ2v) is 6.48. The van der Waals surface area contributed by atoms with E-state index in [0.29, 0.717) is 6.54 Å². The molecular weight excluding hydrogens is 298 g/mol. The minimum atomic E-state index is -0.510. The predicted molar refractivity (Wildman–Crippen MR) is 87.2 cm³/mol. The summed E-state index contributed by atoms with van der Waals surface area (Å²) >= 11 is 0. The van der Waals surface area contributed by atoms with E-state index in [9.17, 15) is 20.0 Å². The number of anilines is 1. The molecule has 2 rings (SSSR count). The number of nitro groups is 1. The number of hydrogen-bond acceptors (Lipinski definition) is 5. The van der Waals surface area contributed by atoms with Gasteiger partial charge in [-0.2, -0.15) is 0 Å². The van der Waals surface area contributed by atoms with Gasteiger partial charge in [0.25, 0.3) is 5.69 Å². The van der Waals surface area contributed by atoms with Gasteiger partial charge in [0.1, 0.15) is 5.69 Å². The van der Waals surface area contributed by atoms with E-state index in [1.165, 1.54) is 12.1 Å². The van der Waals surface area contributed by atoms with Crippen molar-refractivity contribution in [2.75, 3.05) is 25.0 Å². The van der Waals surface area contributed by atoms with Crippen LogP contribution in [0.2, 0.25) is 0 Å². The number of aliphatic hydroxyl groups is 1. The van der Waals surface area contributed by atoms with Gasteiger partial charge in [-0.1, -0.05) is 19.1 Å². The topological polar surface area (TPSA) is 95.7 Å². The highest BCUT2D eigenvalue weighted by molar-refractivity contribution is 5.96. The van der Waals surface area contributed by atoms with Crippen molar-refractivity contribution in [2.45, 2.75) is 32.7 Å². The molecule has 1 amide bonds. The van der Waals surface area contributed by atoms with Gasteiger partial charge in [0.05, 0.1) is 11.0 Å². The summed E-state index contributed by atoms with van der Waals surface area (Å²) in [7, 11) is 0. The van der Waals surface area contributed by atoms with Crippen molar-refractivity contribution in [3.05, 3.63) is 34.4 Å². The molecule has 0 radical (unpaired) electrons. The van der Waals surface area contributed by atoms with Gasteiger partial charge in [0, 0.05) is 24.6 Å². The molecule has 0 spiro atoms. The number of likely N-dealkylation sites (tertiary alicyclic amines) is 1. The number of rotatable bonds is 5. The summed E-state index contributed by atoms with van der Waals surface area (Å²) in [5, 5.41) is 23.2. The molecule has 2 N–H and O–H groups in total. The zero-order valence-electron chi connectivity index (χ0n) is 13.5. The lowest BCUT2D eigenvalue weighted by molar-refractivity contribution is -0.383. The van der Waals surface area contributed by atoms with E-state index in [2.05, 4.69) is 5.32 Å². The second-order valence-electron chi connectivity index (χ2n) is 6.48. The smallest absolute Gasteiger partial charge is 0.292 e. The number of piperidine rings is 1. The number of carbonyl (C=O) groups is 1. The third-order valence-corrected chi connectivity index (χ3v) is 4.48. The number of amides is 1. The second kappa shape index (κ2) is 7.06. The van der Waals surface area contributed by atoms with Crippen LogP contribution in [0.15, 0.2) is 24.3 Å². The number of nitrogens with one attached hydrogen (secondary N) is 1. The van der Waals surface area contributed by atoms with Crippen molar-refractivity contribution in [2.24, 2.45) is 5.41 Å². The lowest BCUT2D eigenvalue weighted by Gasteiger charge is -2.41. The standard InChI is InChI=1S/C16H23N3O4/c1-12(18-9-5-8-16(2,10-18)11-20)15(21)17-13-6-3-4-7-14(13)19(22)23/h3-4,6-7,12,20H,5,8-11H2,1-2H3,(H,17,21). The van der Waals surface area contributed by atoms with E-state index in [1.807, 2.05) is 11.8 Å². The van der Waals surface area contributed by atoms with Crippen LogP contribution in [0.3, 0.4) is 0 Å². The predicted octanol–water partition coefficient (Wildman–Crippen LogP) is 2.02. The fraction of sp³-hybridized carbons (Fsp3) is 0.562. The van der Waals surface area contributed by atoms with Gasteiger partial charge in [-0.15, -0.1) is 0 Å². The molecule has 126 valence electrons. The van der Waals surface area contributed by atoms with Crippen LogP contribution in [-0.2, 0) is 4.79 Å². The summed E-state index contributed by atoms with van der Waals surface area (Å²) in [4.78, 5) is 25.0. The molecule has 7 nitrogen and oxygen atoms in total. The molecule has 1 fully saturated rings. The number of carbonyl (C=O) groups excluding carboxylic acids is 1. The van der Waals surface area contributed by atoms with Crippen LogP contribution in [0.1, 0.15) is 26.7 Å². The number of benzene rings is 1. The van der Waals surface area contributed by atoms with E-state index in [4.69, 9.17) is 0 Å². The van der Waals surface area contributed by atoms with Crippen molar-refractivity contribution in [3.63, 3.8) is 0 Å². The molecule has 0 bridgehead atoms.